The number of aromatic nitrogens is 1. The molecule has 0 aliphatic heterocycles. The van der Waals surface area contributed by atoms with Crippen LogP contribution in [-0.2, 0) is 11.3 Å². The lowest BCUT2D eigenvalue weighted by molar-refractivity contribution is -0.133. The highest BCUT2D eigenvalue weighted by Gasteiger charge is 2.33. The van der Waals surface area contributed by atoms with E-state index in [1.807, 2.05) is 23.1 Å². The molecule has 0 saturated heterocycles. The second kappa shape index (κ2) is 8.33. The molecule has 0 bridgehead atoms. The van der Waals surface area contributed by atoms with Gasteiger partial charge in [-0.1, -0.05) is 12.1 Å². The molecule has 1 heterocycles. The Labute approximate surface area is 159 Å². The van der Waals surface area contributed by atoms with Crippen LogP contribution < -0.4 is 14.2 Å². The monoisotopic (exact) mass is 374 g/mol. The van der Waals surface area contributed by atoms with E-state index in [4.69, 9.17) is 18.7 Å². The van der Waals surface area contributed by atoms with Gasteiger partial charge in [0, 0.05) is 24.1 Å². The van der Waals surface area contributed by atoms with Gasteiger partial charge < -0.3 is 23.6 Å². The van der Waals surface area contributed by atoms with Gasteiger partial charge in [0.25, 0.3) is 0 Å². The van der Waals surface area contributed by atoms with E-state index in [0.717, 1.165) is 37.1 Å². The number of methoxy groups -OCH3 is 3. The Bertz CT molecular complexity index is 772. The highest BCUT2D eigenvalue weighted by molar-refractivity contribution is 5.81. The lowest BCUT2D eigenvalue weighted by Crippen LogP contribution is -2.32. The molecule has 1 fully saturated rings. The molecule has 27 heavy (non-hydrogen) atoms. The van der Waals surface area contributed by atoms with E-state index in [2.05, 4.69) is 12.1 Å². The van der Waals surface area contributed by atoms with E-state index >= 15 is 0 Å². The molecule has 7 heteroatoms. The van der Waals surface area contributed by atoms with Crippen molar-refractivity contribution >= 4 is 5.91 Å². The first-order chi connectivity index (χ1) is 13.1. The van der Waals surface area contributed by atoms with Crippen LogP contribution in [0.25, 0.3) is 11.3 Å². The van der Waals surface area contributed by atoms with Gasteiger partial charge in [-0.3, -0.25) is 4.79 Å². The molecule has 1 aromatic heterocycles. The molecule has 1 aliphatic rings. The fraction of sp³-hybridized carbons (Fsp3) is 0.500. The summed E-state index contributed by atoms with van der Waals surface area (Å²) < 4.78 is 21.6. The summed E-state index contributed by atoms with van der Waals surface area (Å²) in [7, 11) is 4.70. The Morgan fingerprint density at radius 1 is 1.15 bits per heavy atom. The van der Waals surface area contributed by atoms with Crippen molar-refractivity contribution in [1.82, 2.24) is 10.1 Å². The Hall–Kier alpha value is -2.70. The van der Waals surface area contributed by atoms with Gasteiger partial charge in [-0.25, -0.2) is 0 Å². The van der Waals surface area contributed by atoms with Gasteiger partial charge in [0.15, 0.2) is 17.3 Å². The van der Waals surface area contributed by atoms with E-state index < -0.39 is 0 Å². The summed E-state index contributed by atoms with van der Waals surface area (Å²) in [5.74, 6) is 2.60. The second-order valence-electron chi connectivity index (χ2n) is 6.63. The molecule has 0 N–H and O–H groups in total. The normalized spacial score (nSPS) is 13.3. The van der Waals surface area contributed by atoms with Crippen LogP contribution in [-0.4, -0.2) is 43.8 Å². The number of hydrogen-bond acceptors (Lipinski definition) is 6. The van der Waals surface area contributed by atoms with Crippen molar-refractivity contribution in [2.75, 3.05) is 27.9 Å². The smallest absolute Gasteiger partial charge is 0.226 e. The van der Waals surface area contributed by atoms with Crippen LogP contribution in [0.3, 0.4) is 0 Å². The summed E-state index contributed by atoms with van der Waals surface area (Å²) in [4.78, 5) is 14.3. The van der Waals surface area contributed by atoms with Crippen LogP contribution in [0.1, 0.15) is 31.9 Å². The van der Waals surface area contributed by atoms with Gasteiger partial charge >= 0.3 is 0 Å². The third-order valence-electron chi connectivity index (χ3n) is 4.59. The van der Waals surface area contributed by atoms with Crippen LogP contribution in [0.15, 0.2) is 22.7 Å². The highest BCUT2D eigenvalue weighted by Crippen LogP contribution is 2.41. The first kappa shape index (κ1) is 19.1. The maximum absolute atomic E-state index is 12.4. The zero-order chi connectivity index (χ0) is 19.4. The third kappa shape index (κ3) is 4.18. The maximum atomic E-state index is 12.4. The maximum Gasteiger partial charge on any atom is 0.226 e. The fourth-order valence-corrected chi connectivity index (χ4v) is 3.07. The first-order valence-corrected chi connectivity index (χ1v) is 9.16. The Morgan fingerprint density at radius 3 is 2.33 bits per heavy atom. The van der Waals surface area contributed by atoms with E-state index in [1.165, 1.54) is 0 Å². The van der Waals surface area contributed by atoms with Crippen molar-refractivity contribution < 1.29 is 23.5 Å². The molecule has 3 rings (SSSR count). The average molecular weight is 374 g/mol. The van der Waals surface area contributed by atoms with E-state index in [0.29, 0.717) is 29.6 Å². The number of amides is 1. The largest absolute Gasteiger partial charge is 0.493 e. The number of benzene rings is 1. The van der Waals surface area contributed by atoms with Crippen LogP contribution >= 0.6 is 0 Å². The Morgan fingerprint density at radius 2 is 1.81 bits per heavy atom. The van der Waals surface area contributed by atoms with Crippen molar-refractivity contribution in [3.05, 3.63) is 23.9 Å². The minimum absolute atomic E-state index is 0.193. The quantitative estimate of drug-likeness (QED) is 0.669. The third-order valence-corrected chi connectivity index (χ3v) is 4.59. The molecule has 0 spiro atoms. The molecule has 1 aliphatic carbocycles. The molecule has 7 nitrogen and oxygen atoms in total. The van der Waals surface area contributed by atoms with Crippen LogP contribution in [0.2, 0.25) is 0 Å². The molecule has 0 atom stereocenters. The summed E-state index contributed by atoms with van der Waals surface area (Å²) >= 11 is 0. The summed E-state index contributed by atoms with van der Waals surface area (Å²) in [5, 5.41) is 4.15. The number of carbonyl (C=O) groups excluding carboxylic acids is 1. The fourth-order valence-electron chi connectivity index (χ4n) is 3.07. The molecule has 1 aromatic carbocycles. The summed E-state index contributed by atoms with van der Waals surface area (Å²) in [6.07, 6.45) is 2.90. The predicted molar refractivity (Wildman–Crippen MR) is 100 cm³/mol. The van der Waals surface area contributed by atoms with Crippen LogP contribution in [0, 0.1) is 5.92 Å². The lowest BCUT2D eigenvalue weighted by atomic mass is 10.1. The number of rotatable bonds is 9. The zero-order valence-electron chi connectivity index (χ0n) is 16.3. The summed E-state index contributed by atoms with van der Waals surface area (Å²) in [6.45, 7) is 3.25. The lowest BCUT2D eigenvalue weighted by Gasteiger charge is -2.20. The van der Waals surface area contributed by atoms with Gasteiger partial charge in [0.05, 0.1) is 27.9 Å². The average Bonchev–Trinajstić information content (AvgIpc) is 3.44. The second-order valence-corrected chi connectivity index (χ2v) is 6.63. The topological polar surface area (TPSA) is 74.0 Å². The molecule has 0 radical (unpaired) electrons. The molecule has 1 saturated carbocycles. The number of carbonyl (C=O) groups is 1. The molecular weight excluding hydrogens is 348 g/mol. The van der Waals surface area contributed by atoms with Gasteiger partial charge in [-0.2, -0.15) is 0 Å². The van der Waals surface area contributed by atoms with Gasteiger partial charge in [0.2, 0.25) is 11.7 Å². The zero-order valence-corrected chi connectivity index (χ0v) is 16.3. The summed E-state index contributed by atoms with van der Waals surface area (Å²) in [6, 6.07) is 5.47. The number of nitrogens with zero attached hydrogens (tertiary/aromatic N) is 2. The van der Waals surface area contributed by atoms with Crippen molar-refractivity contribution in [2.45, 2.75) is 32.7 Å². The first-order valence-electron chi connectivity index (χ1n) is 9.16. The van der Waals surface area contributed by atoms with Crippen molar-refractivity contribution in [3.63, 3.8) is 0 Å². The van der Waals surface area contributed by atoms with Gasteiger partial charge in [-0.05, 0) is 31.4 Å². The molecule has 0 unspecified atom stereocenters. The molecule has 2 aromatic rings. The predicted octanol–water partition coefficient (Wildman–Crippen LogP) is 3.52. The Balaban J connectivity index is 1.83. The van der Waals surface area contributed by atoms with E-state index in [-0.39, 0.29) is 11.8 Å². The standard InChI is InChI=1S/C20H26N2O5/c1-5-8-22(20(23)13-6-7-13)12-15-11-16(27-21-15)14-9-17(24-2)19(26-4)18(10-14)25-3/h9-11,13H,5-8,12H2,1-4H3. The van der Waals surface area contributed by atoms with Gasteiger partial charge in [-0.15, -0.1) is 0 Å². The van der Waals surface area contributed by atoms with Crippen molar-refractivity contribution in [1.29, 1.82) is 0 Å². The van der Waals surface area contributed by atoms with Crippen LogP contribution in [0.5, 0.6) is 17.2 Å². The van der Waals surface area contributed by atoms with Crippen molar-refractivity contribution in [2.24, 2.45) is 5.92 Å². The van der Waals surface area contributed by atoms with Gasteiger partial charge in [0.1, 0.15) is 5.69 Å². The molecular formula is C20H26N2O5. The van der Waals surface area contributed by atoms with Crippen molar-refractivity contribution in [3.8, 4) is 28.6 Å². The number of hydrogen-bond donors (Lipinski definition) is 0. The summed E-state index contributed by atoms with van der Waals surface area (Å²) in [5.41, 5.74) is 1.49. The van der Waals surface area contributed by atoms with E-state index in [9.17, 15) is 4.79 Å². The van der Waals surface area contributed by atoms with Crippen LogP contribution in [0.4, 0.5) is 0 Å². The SMILES string of the molecule is CCCN(Cc1cc(-c2cc(OC)c(OC)c(OC)c2)on1)C(=O)C1CC1. The Kier molecular flexibility index (Phi) is 5.88. The number of ether oxygens (including phenoxy) is 3. The highest BCUT2D eigenvalue weighted by atomic mass is 16.5. The molecule has 146 valence electrons. The van der Waals surface area contributed by atoms with E-state index in [1.54, 1.807) is 21.3 Å². The minimum atomic E-state index is 0.193. The minimum Gasteiger partial charge on any atom is -0.493 e. The molecule has 1 amide bonds.